The predicted molar refractivity (Wildman–Crippen MR) is 94.9 cm³/mol. The van der Waals surface area contributed by atoms with Crippen LogP contribution in [0.3, 0.4) is 0 Å². The van der Waals surface area contributed by atoms with Crippen molar-refractivity contribution < 1.29 is 9.53 Å². The van der Waals surface area contributed by atoms with Gasteiger partial charge in [-0.05, 0) is 18.2 Å². The molecule has 2 aromatic rings. The standard InChI is InChI=1S/C18H22N4O3/c1-25-14-13-22-17(23)8-7-16(19-22)18(24)21-11-9-20(10-12-21)15-5-3-2-4-6-15/h2-8H,9-14H2,1H3. The third-order valence-corrected chi connectivity index (χ3v) is 4.28. The van der Waals surface area contributed by atoms with Crippen LogP contribution in [0.25, 0.3) is 0 Å². The van der Waals surface area contributed by atoms with Gasteiger partial charge in [-0.3, -0.25) is 9.59 Å². The number of ether oxygens (including phenoxy) is 1. The summed E-state index contributed by atoms with van der Waals surface area (Å²) in [4.78, 5) is 28.5. The van der Waals surface area contributed by atoms with Gasteiger partial charge in [-0.25, -0.2) is 4.68 Å². The number of benzene rings is 1. The lowest BCUT2D eigenvalue weighted by Crippen LogP contribution is -2.49. The average molecular weight is 342 g/mol. The van der Waals surface area contributed by atoms with Crippen LogP contribution in [0.15, 0.2) is 47.3 Å². The van der Waals surface area contributed by atoms with E-state index >= 15 is 0 Å². The highest BCUT2D eigenvalue weighted by atomic mass is 16.5. The molecular formula is C18H22N4O3. The van der Waals surface area contributed by atoms with Gasteiger partial charge in [0, 0.05) is 45.0 Å². The van der Waals surface area contributed by atoms with Gasteiger partial charge in [0.15, 0.2) is 0 Å². The van der Waals surface area contributed by atoms with Gasteiger partial charge in [0.25, 0.3) is 11.5 Å². The first-order chi connectivity index (χ1) is 12.2. The number of hydrogen-bond acceptors (Lipinski definition) is 5. The quantitative estimate of drug-likeness (QED) is 0.806. The third kappa shape index (κ3) is 4.06. The van der Waals surface area contributed by atoms with Gasteiger partial charge in [0.2, 0.25) is 0 Å². The van der Waals surface area contributed by atoms with Gasteiger partial charge >= 0.3 is 0 Å². The Morgan fingerprint density at radius 3 is 2.48 bits per heavy atom. The van der Waals surface area contributed by atoms with Crippen molar-refractivity contribution in [1.29, 1.82) is 0 Å². The summed E-state index contributed by atoms with van der Waals surface area (Å²) >= 11 is 0. The highest BCUT2D eigenvalue weighted by Crippen LogP contribution is 2.16. The van der Waals surface area contributed by atoms with Gasteiger partial charge in [0.1, 0.15) is 5.69 Å². The first kappa shape index (κ1) is 17.2. The van der Waals surface area contributed by atoms with Crippen molar-refractivity contribution >= 4 is 11.6 Å². The zero-order valence-electron chi connectivity index (χ0n) is 14.3. The van der Waals surface area contributed by atoms with Gasteiger partial charge in [0.05, 0.1) is 13.2 Å². The molecule has 1 aromatic heterocycles. The first-order valence-corrected chi connectivity index (χ1v) is 8.35. The maximum Gasteiger partial charge on any atom is 0.274 e. The van der Waals surface area contributed by atoms with Gasteiger partial charge in [-0.1, -0.05) is 18.2 Å². The predicted octanol–water partition coefficient (Wildman–Crippen LogP) is 0.852. The van der Waals surface area contributed by atoms with Crippen LogP contribution in [-0.2, 0) is 11.3 Å². The molecule has 3 rings (SSSR count). The Balaban J connectivity index is 1.65. The smallest absolute Gasteiger partial charge is 0.274 e. The number of methoxy groups -OCH3 is 1. The summed E-state index contributed by atoms with van der Waals surface area (Å²) in [6.45, 7) is 3.52. The molecule has 132 valence electrons. The number of nitrogens with zero attached hydrogens (tertiary/aromatic N) is 4. The molecule has 1 saturated heterocycles. The molecule has 1 aromatic carbocycles. The number of hydrogen-bond donors (Lipinski definition) is 0. The van der Waals surface area contributed by atoms with E-state index in [1.807, 2.05) is 18.2 Å². The summed E-state index contributed by atoms with van der Waals surface area (Å²) in [5, 5.41) is 4.18. The van der Waals surface area contributed by atoms with E-state index in [2.05, 4.69) is 22.1 Å². The first-order valence-electron chi connectivity index (χ1n) is 8.35. The third-order valence-electron chi connectivity index (χ3n) is 4.28. The number of para-hydroxylation sites is 1. The van der Waals surface area contributed by atoms with Crippen LogP contribution < -0.4 is 10.5 Å². The Labute approximate surface area is 146 Å². The minimum Gasteiger partial charge on any atom is -0.383 e. The number of carbonyl (C=O) groups excluding carboxylic acids is 1. The van der Waals surface area contributed by atoms with Crippen molar-refractivity contribution in [2.24, 2.45) is 0 Å². The molecule has 0 bridgehead atoms. The molecule has 25 heavy (non-hydrogen) atoms. The molecule has 1 aliphatic rings. The molecule has 7 nitrogen and oxygen atoms in total. The van der Waals surface area contributed by atoms with E-state index < -0.39 is 0 Å². The molecule has 7 heteroatoms. The molecule has 0 radical (unpaired) electrons. The second-order valence-corrected chi connectivity index (χ2v) is 5.89. The van der Waals surface area contributed by atoms with E-state index in [0.29, 0.717) is 31.9 Å². The van der Waals surface area contributed by atoms with Gasteiger partial charge in [-0.15, -0.1) is 0 Å². The normalized spacial score (nSPS) is 14.6. The molecule has 1 amide bonds. The minimum atomic E-state index is -0.234. The summed E-state index contributed by atoms with van der Waals surface area (Å²) in [5.74, 6) is -0.140. The molecule has 0 aliphatic carbocycles. The zero-order valence-corrected chi connectivity index (χ0v) is 14.3. The lowest BCUT2D eigenvalue weighted by Gasteiger charge is -2.36. The number of carbonyl (C=O) groups is 1. The van der Waals surface area contributed by atoms with E-state index in [0.717, 1.165) is 13.1 Å². The van der Waals surface area contributed by atoms with Crippen molar-refractivity contribution in [2.75, 3.05) is 44.8 Å². The minimum absolute atomic E-state index is 0.140. The summed E-state index contributed by atoms with van der Waals surface area (Å²) in [5.41, 5.74) is 1.23. The number of amides is 1. The van der Waals surface area contributed by atoms with E-state index in [1.165, 1.54) is 22.5 Å². The Hall–Kier alpha value is -2.67. The number of aromatic nitrogens is 2. The van der Waals surface area contributed by atoms with Gasteiger partial charge < -0.3 is 14.5 Å². The van der Waals surface area contributed by atoms with Crippen molar-refractivity contribution in [3.05, 3.63) is 58.5 Å². The second kappa shape index (κ2) is 7.94. The number of anilines is 1. The topological polar surface area (TPSA) is 67.7 Å². The van der Waals surface area contributed by atoms with Crippen molar-refractivity contribution in [2.45, 2.75) is 6.54 Å². The van der Waals surface area contributed by atoms with Crippen LogP contribution in [0.5, 0.6) is 0 Å². The zero-order chi connectivity index (χ0) is 17.6. The lowest BCUT2D eigenvalue weighted by atomic mass is 10.2. The Morgan fingerprint density at radius 1 is 1.08 bits per heavy atom. The summed E-state index contributed by atoms with van der Waals surface area (Å²) < 4.78 is 6.25. The van der Waals surface area contributed by atoms with Gasteiger partial charge in [-0.2, -0.15) is 5.10 Å². The number of rotatable bonds is 5. The van der Waals surface area contributed by atoms with Crippen LogP contribution >= 0.6 is 0 Å². The van der Waals surface area contributed by atoms with E-state index in [4.69, 9.17) is 4.74 Å². The molecule has 0 atom stereocenters. The maximum absolute atomic E-state index is 12.7. The molecule has 0 spiro atoms. The van der Waals surface area contributed by atoms with Crippen LogP contribution in [-0.4, -0.2) is 60.5 Å². The maximum atomic E-state index is 12.7. The lowest BCUT2D eigenvalue weighted by molar-refractivity contribution is 0.0737. The highest BCUT2D eigenvalue weighted by molar-refractivity contribution is 5.92. The number of piperazine rings is 1. The van der Waals surface area contributed by atoms with E-state index in [-0.39, 0.29) is 11.5 Å². The fraction of sp³-hybridized carbons (Fsp3) is 0.389. The largest absolute Gasteiger partial charge is 0.383 e. The van der Waals surface area contributed by atoms with Crippen LogP contribution in [0, 0.1) is 0 Å². The Kier molecular flexibility index (Phi) is 5.45. The molecule has 0 N–H and O–H groups in total. The van der Waals surface area contributed by atoms with E-state index in [1.54, 1.807) is 12.0 Å². The summed E-state index contributed by atoms with van der Waals surface area (Å²) in [6.07, 6.45) is 0. The monoisotopic (exact) mass is 342 g/mol. The fourth-order valence-electron chi connectivity index (χ4n) is 2.87. The molecule has 0 unspecified atom stereocenters. The Morgan fingerprint density at radius 2 is 1.80 bits per heavy atom. The summed E-state index contributed by atoms with van der Waals surface area (Å²) in [6, 6.07) is 13.1. The van der Waals surface area contributed by atoms with Crippen molar-refractivity contribution in [1.82, 2.24) is 14.7 Å². The molecular weight excluding hydrogens is 320 g/mol. The highest BCUT2D eigenvalue weighted by Gasteiger charge is 2.23. The fourth-order valence-corrected chi connectivity index (χ4v) is 2.87. The van der Waals surface area contributed by atoms with Crippen LogP contribution in [0.1, 0.15) is 10.5 Å². The average Bonchev–Trinajstić information content (AvgIpc) is 2.67. The molecule has 0 saturated carbocycles. The van der Waals surface area contributed by atoms with Crippen LogP contribution in [0.2, 0.25) is 0 Å². The SMILES string of the molecule is COCCn1nc(C(=O)N2CCN(c3ccccc3)CC2)ccc1=O. The molecule has 1 fully saturated rings. The van der Waals surface area contributed by atoms with Crippen molar-refractivity contribution in [3.8, 4) is 0 Å². The van der Waals surface area contributed by atoms with Crippen molar-refractivity contribution in [3.63, 3.8) is 0 Å². The Bertz CT molecular complexity index is 767. The van der Waals surface area contributed by atoms with E-state index in [9.17, 15) is 9.59 Å². The summed E-state index contributed by atoms with van der Waals surface area (Å²) in [7, 11) is 1.56. The molecule has 1 aliphatic heterocycles. The molecule has 2 heterocycles. The second-order valence-electron chi connectivity index (χ2n) is 5.89. The van der Waals surface area contributed by atoms with Crippen LogP contribution in [0.4, 0.5) is 5.69 Å².